The van der Waals surface area contributed by atoms with Crippen molar-refractivity contribution in [2.24, 2.45) is 0 Å². The minimum Gasteiger partial charge on any atom is -0.276 e. The Morgan fingerprint density at radius 3 is 1.16 bits per heavy atom. The van der Waals surface area contributed by atoms with Crippen molar-refractivity contribution in [2.45, 2.75) is 96.8 Å². The summed E-state index contributed by atoms with van der Waals surface area (Å²) in [4.78, 5) is 0. The lowest BCUT2D eigenvalue weighted by Gasteiger charge is -2.02. The number of hydrogen-bond donors (Lipinski definition) is 0. The van der Waals surface area contributed by atoms with E-state index in [-0.39, 0.29) is 0 Å². The van der Waals surface area contributed by atoms with E-state index in [0.29, 0.717) is 12.6 Å². The lowest BCUT2D eigenvalue weighted by atomic mass is 10.0. The first-order chi connectivity index (χ1) is 9.33. The van der Waals surface area contributed by atoms with Gasteiger partial charge in [-0.15, -0.1) is 0 Å². The first-order valence-corrected chi connectivity index (χ1v) is 18.5. The molecule has 0 N–H and O–H groups in total. The molecule has 0 heterocycles. The maximum atomic E-state index is 3.87. The molecule has 0 fully saturated rings. The van der Waals surface area contributed by atoms with E-state index >= 15 is 0 Å². The molecule has 0 saturated heterocycles. The van der Waals surface area contributed by atoms with Gasteiger partial charge in [0.1, 0.15) is 0 Å². The third kappa shape index (κ3) is 29.0. The van der Waals surface area contributed by atoms with E-state index < -0.39 is 0 Å². The molecule has 0 rings (SSSR count). The average Bonchev–Trinajstić information content (AvgIpc) is 2.41. The summed E-state index contributed by atoms with van der Waals surface area (Å²) >= 11 is 5.18. The molecule has 0 amide bonds. The molecular formula is C16H33I2Mg. The van der Waals surface area contributed by atoms with E-state index in [1.165, 1.54) is 83.5 Å². The van der Waals surface area contributed by atoms with Crippen LogP contribution in [-0.2, 0) is 0 Å². The predicted molar refractivity (Wildman–Crippen MR) is 109 cm³/mol. The van der Waals surface area contributed by atoms with Gasteiger partial charge in [0.2, 0.25) is 0 Å². The van der Waals surface area contributed by atoms with E-state index in [2.05, 4.69) is 51.5 Å². The largest absolute Gasteiger partial charge is 0.552 e. The van der Waals surface area contributed by atoms with Crippen molar-refractivity contribution in [1.82, 2.24) is 0 Å². The molecule has 113 valence electrons. The Kier molecular flexibility index (Phi) is 31.2. The fourth-order valence-electron chi connectivity index (χ4n) is 2.19. The van der Waals surface area contributed by atoms with Gasteiger partial charge in [-0.3, -0.25) is 37.7 Å². The number of halogens is 2. The molecule has 0 aromatic carbocycles. The highest BCUT2D eigenvalue weighted by molar-refractivity contribution is 14.3. The van der Waals surface area contributed by atoms with Crippen LogP contribution in [0.1, 0.15) is 96.8 Å². The Morgan fingerprint density at radius 1 is 0.632 bits per heavy atom. The summed E-state index contributed by atoms with van der Waals surface area (Å²) in [6.07, 6.45) is 19.8. The van der Waals surface area contributed by atoms with Crippen molar-refractivity contribution in [3.8, 4) is 0 Å². The van der Waals surface area contributed by atoms with Gasteiger partial charge in [-0.25, -0.2) is 0 Å². The molecule has 0 aliphatic carbocycles. The number of rotatable bonds is 13. The van der Waals surface area contributed by atoms with E-state index in [1.54, 1.807) is 0 Å². The van der Waals surface area contributed by atoms with E-state index in [1.807, 2.05) is 0 Å². The predicted octanol–water partition coefficient (Wildman–Crippen LogP) is 7.69. The standard InChI is InChI=1S/C16H33.2HI.Mg/c1-3-5-7-9-11-13-15-16-14-12-10-8-6-4-2;;;/h1,3-16H2,2H3;2*1H;/q;;;+2/p-2. The molecular weight excluding hydrogens is 470 g/mol. The minimum absolute atomic E-state index is 0.357. The topological polar surface area (TPSA) is 0 Å². The smallest absolute Gasteiger partial charge is 0.276 e. The zero-order valence-corrected chi connectivity index (χ0v) is 18.8. The molecule has 0 aliphatic heterocycles. The summed E-state index contributed by atoms with van der Waals surface area (Å²) in [5, 5.41) is 0. The van der Waals surface area contributed by atoms with Gasteiger partial charge < -0.3 is 0 Å². The highest BCUT2D eigenvalue weighted by Crippen LogP contribution is 2.12. The zero-order valence-electron chi connectivity index (χ0n) is 13.1. The Morgan fingerprint density at radius 2 is 0.895 bits per heavy atom. The molecule has 0 nitrogen and oxygen atoms in total. The fourth-order valence-corrected chi connectivity index (χ4v) is 2.19. The van der Waals surface area contributed by atoms with Crippen molar-refractivity contribution in [3.63, 3.8) is 0 Å². The molecule has 3 heteroatoms. The lowest BCUT2D eigenvalue weighted by Crippen LogP contribution is -1.82. The molecule has 0 aromatic heterocycles. The molecule has 0 aliphatic rings. The normalized spacial score (nSPS) is 9.68. The van der Waals surface area contributed by atoms with E-state index in [0.717, 1.165) is 6.42 Å². The summed E-state index contributed by atoms with van der Waals surface area (Å²) in [6.45, 7) is 6.16. The third-order valence-electron chi connectivity index (χ3n) is 3.35. The van der Waals surface area contributed by atoms with Crippen LogP contribution in [-0.4, -0.2) is 12.6 Å². The van der Waals surface area contributed by atoms with Gasteiger partial charge in [0.25, 0.3) is 0 Å². The fraction of sp³-hybridized carbons (Fsp3) is 0.938. The molecule has 0 atom stereocenters. The summed E-state index contributed by atoms with van der Waals surface area (Å²) in [5.74, 6) is 0. The molecule has 0 aromatic rings. The first-order valence-electron chi connectivity index (χ1n) is 8.24. The van der Waals surface area contributed by atoms with E-state index in [9.17, 15) is 0 Å². The quantitative estimate of drug-likeness (QED) is 0.137. The Hall–Kier alpha value is 2.23. The van der Waals surface area contributed by atoms with Crippen LogP contribution in [0, 0.1) is 6.92 Å². The number of hydrogen-bond acceptors (Lipinski definition) is 0. The summed E-state index contributed by atoms with van der Waals surface area (Å²) < 4.78 is 0. The maximum absolute atomic E-state index is 3.87. The van der Waals surface area contributed by atoms with Crippen LogP contribution in [0.4, 0.5) is 0 Å². The lowest BCUT2D eigenvalue weighted by molar-refractivity contribution is 0.540. The van der Waals surface area contributed by atoms with Crippen molar-refractivity contribution < 1.29 is 0 Å². The van der Waals surface area contributed by atoms with Gasteiger partial charge >= 0.3 is 12.6 Å². The molecule has 1 radical (unpaired) electrons. The van der Waals surface area contributed by atoms with Crippen LogP contribution >= 0.6 is 37.7 Å². The van der Waals surface area contributed by atoms with Crippen LogP contribution in [0.2, 0.25) is 0 Å². The SMILES string of the molecule is [CH2]CCCCCCCCCCCCCCC.[I][Mg][I]. The third-order valence-corrected chi connectivity index (χ3v) is 3.35. The Labute approximate surface area is 152 Å². The monoisotopic (exact) mass is 503 g/mol. The zero-order chi connectivity index (χ0) is 14.6. The van der Waals surface area contributed by atoms with Crippen LogP contribution < -0.4 is 0 Å². The van der Waals surface area contributed by atoms with Crippen LogP contribution in [0.5, 0.6) is 0 Å². The minimum atomic E-state index is 0.357. The van der Waals surface area contributed by atoms with Crippen molar-refractivity contribution in [3.05, 3.63) is 6.92 Å². The van der Waals surface area contributed by atoms with Gasteiger partial charge in [-0.1, -0.05) is 104 Å². The highest BCUT2D eigenvalue weighted by atomic mass is 127. The Balaban J connectivity index is 0. The first kappa shape index (κ1) is 23.5. The number of unbranched alkanes of at least 4 members (excludes halogenated alkanes) is 13. The molecule has 0 bridgehead atoms. The molecule has 0 spiro atoms. The van der Waals surface area contributed by atoms with Crippen molar-refractivity contribution in [2.75, 3.05) is 0 Å². The van der Waals surface area contributed by atoms with Crippen LogP contribution in [0.25, 0.3) is 0 Å². The second-order valence-electron chi connectivity index (χ2n) is 5.20. The van der Waals surface area contributed by atoms with Crippen molar-refractivity contribution >= 4 is 50.3 Å². The summed E-state index contributed by atoms with van der Waals surface area (Å²) in [7, 11) is 0. The van der Waals surface area contributed by atoms with Crippen molar-refractivity contribution in [1.29, 1.82) is 0 Å². The Bertz CT molecular complexity index is 118. The van der Waals surface area contributed by atoms with Crippen LogP contribution in [0.15, 0.2) is 0 Å². The second kappa shape index (κ2) is 25.2. The average molecular weight is 504 g/mol. The molecule has 0 unspecified atom stereocenters. The van der Waals surface area contributed by atoms with Crippen LogP contribution in [0.3, 0.4) is 0 Å². The summed E-state index contributed by atoms with van der Waals surface area (Å²) in [6, 6.07) is 0. The maximum Gasteiger partial charge on any atom is 0.552 e. The van der Waals surface area contributed by atoms with Gasteiger partial charge in [0.05, 0.1) is 0 Å². The van der Waals surface area contributed by atoms with Gasteiger partial charge in [-0.05, 0) is 0 Å². The molecule has 19 heavy (non-hydrogen) atoms. The van der Waals surface area contributed by atoms with Gasteiger partial charge in [0, 0.05) is 0 Å². The highest BCUT2D eigenvalue weighted by Gasteiger charge is 1.92. The second-order valence-corrected chi connectivity index (χ2v) is 18.7. The van der Waals surface area contributed by atoms with E-state index in [4.69, 9.17) is 0 Å². The summed E-state index contributed by atoms with van der Waals surface area (Å²) in [5.41, 5.74) is 0. The molecule has 0 saturated carbocycles. The van der Waals surface area contributed by atoms with Gasteiger partial charge in [0.15, 0.2) is 0 Å². The van der Waals surface area contributed by atoms with Gasteiger partial charge in [-0.2, -0.15) is 0 Å².